The molecule has 0 amide bonds. The molecular weight excluding hydrogens is 250 g/mol. The SMILES string of the molecule is CC(C)(C)CC(N)CC(=O)c1ccc(OC2CC2)cc1. The third kappa shape index (κ3) is 4.97. The van der Waals surface area contributed by atoms with Gasteiger partial charge in [-0.15, -0.1) is 0 Å². The van der Waals surface area contributed by atoms with Crippen LogP contribution in [-0.2, 0) is 0 Å². The summed E-state index contributed by atoms with van der Waals surface area (Å²) in [7, 11) is 0. The second kappa shape index (κ2) is 5.96. The van der Waals surface area contributed by atoms with E-state index in [1.54, 1.807) is 0 Å². The molecule has 1 aromatic carbocycles. The van der Waals surface area contributed by atoms with E-state index in [0.717, 1.165) is 30.6 Å². The predicted molar refractivity (Wildman–Crippen MR) is 81.1 cm³/mol. The Bertz CT molecular complexity index is 455. The quantitative estimate of drug-likeness (QED) is 0.808. The number of hydrogen-bond acceptors (Lipinski definition) is 3. The highest BCUT2D eigenvalue weighted by atomic mass is 16.5. The van der Waals surface area contributed by atoms with E-state index >= 15 is 0 Å². The zero-order valence-electron chi connectivity index (χ0n) is 12.7. The minimum Gasteiger partial charge on any atom is -0.490 e. The summed E-state index contributed by atoms with van der Waals surface area (Å²) >= 11 is 0. The van der Waals surface area contributed by atoms with E-state index in [1.807, 2.05) is 24.3 Å². The third-order valence-electron chi connectivity index (χ3n) is 3.33. The molecule has 0 heterocycles. The summed E-state index contributed by atoms with van der Waals surface area (Å²) in [4.78, 5) is 12.2. The van der Waals surface area contributed by atoms with Crippen LogP contribution in [0.3, 0.4) is 0 Å². The van der Waals surface area contributed by atoms with Crippen LogP contribution in [0.2, 0.25) is 0 Å². The zero-order valence-corrected chi connectivity index (χ0v) is 12.7. The van der Waals surface area contributed by atoms with Crippen molar-refractivity contribution in [1.82, 2.24) is 0 Å². The molecule has 1 atom stereocenters. The Morgan fingerprint density at radius 3 is 2.40 bits per heavy atom. The number of Topliss-reactive ketones (excluding diaryl/α,β-unsaturated/α-hetero) is 1. The Kier molecular flexibility index (Phi) is 4.48. The molecule has 1 aromatic rings. The van der Waals surface area contributed by atoms with Crippen molar-refractivity contribution in [3.8, 4) is 5.75 Å². The van der Waals surface area contributed by atoms with Crippen LogP contribution in [0.5, 0.6) is 5.75 Å². The minimum absolute atomic E-state index is 0.0788. The van der Waals surface area contributed by atoms with Gasteiger partial charge in [-0.25, -0.2) is 0 Å². The van der Waals surface area contributed by atoms with Gasteiger partial charge < -0.3 is 10.5 Å². The number of carbonyl (C=O) groups is 1. The van der Waals surface area contributed by atoms with Crippen molar-refractivity contribution in [3.05, 3.63) is 29.8 Å². The van der Waals surface area contributed by atoms with Crippen LogP contribution in [-0.4, -0.2) is 17.9 Å². The Balaban J connectivity index is 1.88. The maximum atomic E-state index is 12.2. The highest BCUT2D eigenvalue weighted by molar-refractivity contribution is 5.96. The van der Waals surface area contributed by atoms with E-state index in [0.29, 0.717) is 12.5 Å². The molecule has 0 saturated heterocycles. The Hall–Kier alpha value is -1.35. The first-order valence-corrected chi connectivity index (χ1v) is 7.39. The lowest BCUT2D eigenvalue weighted by atomic mass is 9.86. The molecule has 0 aromatic heterocycles. The Morgan fingerprint density at radius 2 is 1.90 bits per heavy atom. The molecular formula is C17H25NO2. The molecule has 1 aliphatic rings. The van der Waals surface area contributed by atoms with Crippen molar-refractivity contribution in [1.29, 1.82) is 0 Å². The van der Waals surface area contributed by atoms with Crippen molar-refractivity contribution < 1.29 is 9.53 Å². The van der Waals surface area contributed by atoms with E-state index in [9.17, 15) is 4.79 Å². The maximum absolute atomic E-state index is 12.2. The van der Waals surface area contributed by atoms with Crippen LogP contribution in [0.25, 0.3) is 0 Å². The van der Waals surface area contributed by atoms with Crippen molar-refractivity contribution in [2.24, 2.45) is 11.1 Å². The maximum Gasteiger partial charge on any atom is 0.164 e. The van der Waals surface area contributed by atoms with E-state index in [4.69, 9.17) is 10.5 Å². The van der Waals surface area contributed by atoms with E-state index in [2.05, 4.69) is 20.8 Å². The second-order valence-electron chi connectivity index (χ2n) is 6.99. The molecule has 0 bridgehead atoms. The Labute approximate surface area is 121 Å². The number of rotatable bonds is 6. The molecule has 0 spiro atoms. The fourth-order valence-corrected chi connectivity index (χ4v) is 2.31. The number of benzene rings is 1. The number of carbonyl (C=O) groups excluding carboxylic acids is 1. The van der Waals surface area contributed by atoms with Gasteiger partial charge in [0.2, 0.25) is 0 Å². The van der Waals surface area contributed by atoms with Gasteiger partial charge in [0.25, 0.3) is 0 Å². The average Bonchev–Trinajstić information content (AvgIpc) is 3.11. The van der Waals surface area contributed by atoms with Crippen LogP contribution < -0.4 is 10.5 Å². The van der Waals surface area contributed by atoms with Gasteiger partial charge in [-0.2, -0.15) is 0 Å². The van der Waals surface area contributed by atoms with E-state index in [1.165, 1.54) is 0 Å². The standard InChI is InChI=1S/C17H25NO2/c1-17(2,3)11-13(18)10-16(19)12-4-6-14(7-5-12)20-15-8-9-15/h4-7,13,15H,8-11,18H2,1-3H3. The van der Waals surface area contributed by atoms with Crippen LogP contribution >= 0.6 is 0 Å². The molecule has 3 nitrogen and oxygen atoms in total. The molecule has 1 fully saturated rings. The zero-order chi connectivity index (χ0) is 14.8. The summed E-state index contributed by atoms with van der Waals surface area (Å²) in [5.74, 6) is 0.961. The molecule has 1 saturated carbocycles. The molecule has 110 valence electrons. The van der Waals surface area contributed by atoms with Crippen LogP contribution in [0.15, 0.2) is 24.3 Å². The molecule has 2 N–H and O–H groups in total. The van der Waals surface area contributed by atoms with E-state index < -0.39 is 0 Å². The Morgan fingerprint density at radius 1 is 1.30 bits per heavy atom. The normalized spacial score (nSPS) is 16.8. The van der Waals surface area contributed by atoms with Gasteiger partial charge in [0.05, 0.1) is 6.10 Å². The second-order valence-corrected chi connectivity index (χ2v) is 6.99. The lowest BCUT2D eigenvalue weighted by Crippen LogP contribution is -2.28. The first-order valence-electron chi connectivity index (χ1n) is 7.39. The molecule has 1 unspecified atom stereocenters. The van der Waals surface area contributed by atoms with Gasteiger partial charge in [0.15, 0.2) is 5.78 Å². The molecule has 2 rings (SSSR count). The van der Waals surface area contributed by atoms with Crippen molar-refractivity contribution in [2.75, 3.05) is 0 Å². The van der Waals surface area contributed by atoms with Crippen LogP contribution in [0.1, 0.15) is 56.8 Å². The van der Waals surface area contributed by atoms with Gasteiger partial charge in [-0.1, -0.05) is 20.8 Å². The molecule has 0 aliphatic heterocycles. The summed E-state index contributed by atoms with van der Waals surface area (Å²) in [6, 6.07) is 7.35. The smallest absolute Gasteiger partial charge is 0.164 e. The lowest BCUT2D eigenvalue weighted by molar-refractivity contribution is 0.0968. The summed E-state index contributed by atoms with van der Waals surface area (Å²) in [6.07, 6.45) is 3.92. The highest BCUT2D eigenvalue weighted by Gasteiger charge is 2.23. The largest absolute Gasteiger partial charge is 0.490 e. The number of hydrogen-bond donors (Lipinski definition) is 1. The summed E-state index contributed by atoms with van der Waals surface area (Å²) in [6.45, 7) is 6.42. The first kappa shape index (κ1) is 15.0. The number of nitrogens with two attached hydrogens (primary N) is 1. The highest BCUT2D eigenvalue weighted by Crippen LogP contribution is 2.27. The van der Waals surface area contributed by atoms with Crippen molar-refractivity contribution in [3.63, 3.8) is 0 Å². The molecule has 20 heavy (non-hydrogen) atoms. The van der Waals surface area contributed by atoms with Gasteiger partial charge in [0, 0.05) is 18.0 Å². The van der Waals surface area contributed by atoms with Crippen LogP contribution in [0.4, 0.5) is 0 Å². The predicted octanol–water partition coefficient (Wildman–Crippen LogP) is 3.56. The topological polar surface area (TPSA) is 52.3 Å². The van der Waals surface area contributed by atoms with E-state index in [-0.39, 0.29) is 17.2 Å². The summed E-state index contributed by atoms with van der Waals surface area (Å²) in [5.41, 5.74) is 6.93. The lowest BCUT2D eigenvalue weighted by Gasteiger charge is -2.22. The molecule has 1 aliphatic carbocycles. The summed E-state index contributed by atoms with van der Waals surface area (Å²) in [5, 5.41) is 0. The van der Waals surface area contributed by atoms with Gasteiger partial charge in [-0.3, -0.25) is 4.79 Å². The monoisotopic (exact) mass is 275 g/mol. The third-order valence-corrected chi connectivity index (χ3v) is 3.33. The van der Waals surface area contributed by atoms with Gasteiger partial charge in [-0.05, 0) is 48.9 Å². The first-order chi connectivity index (χ1) is 9.33. The van der Waals surface area contributed by atoms with Crippen molar-refractivity contribution >= 4 is 5.78 Å². The fourth-order valence-electron chi connectivity index (χ4n) is 2.31. The summed E-state index contributed by atoms with van der Waals surface area (Å²) < 4.78 is 5.67. The fraction of sp³-hybridized carbons (Fsp3) is 0.588. The van der Waals surface area contributed by atoms with Gasteiger partial charge in [0.1, 0.15) is 5.75 Å². The molecule has 3 heteroatoms. The number of ketones is 1. The average molecular weight is 275 g/mol. The van der Waals surface area contributed by atoms with Crippen molar-refractivity contribution in [2.45, 2.75) is 58.6 Å². The molecule has 0 radical (unpaired) electrons. The van der Waals surface area contributed by atoms with Gasteiger partial charge >= 0.3 is 0 Å². The minimum atomic E-state index is -0.0788. The number of ether oxygens (including phenoxy) is 1. The van der Waals surface area contributed by atoms with Crippen LogP contribution in [0, 0.1) is 5.41 Å².